The standard InChI is InChI=1S/C16H21ClN2O2/c1-3-16(21,4-2)10-19-15(20)7-11-9-18-14-6-5-12(17)8-13(11)14/h5-6,8-9,18,21H,3-4,7,10H2,1-2H3,(H,19,20). The summed E-state index contributed by atoms with van der Waals surface area (Å²) in [5.41, 5.74) is 1.04. The van der Waals surface area contributed by atoms with E-state index in [0.29, 0.717) is 17.9 Å². The molecule has 114 valence electrons. The maximum absolute atomic E-state index is 12.0. The Hall–Kier alpha value is -1.52. The van der Waals surface area contributed by atoms with E-state index in [9.17, 15) is 9.90 Å². The Kier molecular flexibility index (Phi) is 4.91. The fourth-order valence-electron chi connectivity index (χ4n) is 2.30. The van der Waals surface area contributed by atoms with E-state index < -0.39 is 5.60 Å². The van der Waals surface area contributed by atoms with E-state index in [1.54, 1.807) is 0 Å². The Bertz CT molecular complexity index is 632. The van der Waals surface area contributed by atoms with Crippen molar-refractivity contribution >= 4 is 28.4 Å². The number of amides is 1. The molecular weight excluding hydrogens is 288 g/mol. The summed E-state index contributed by atoms with van der Waals surface area (Å²) in [6, 6.07) is 5.56. The van der Waals surface area contributed by atoms with Gasteiger partial charge in [-0.15, -0.1) is 0 Å². The average molecular weight is 309 g/mol. The molecule has 0 aliphatic carbocycles. The molecule has 1 heterocycles. The molecule has 0 radical (unpaired) electrons. The van der Waals surface area contributed by atoms with Gasteiger partial charge in [0.1, 0.15) is 0 Å². The van der Waals surface area contributed by atoms with Crippen molar-refractivity contribution in [2.75, 3.05) is 6.54 Å². The number of fused-ring (bicyclic) bond motifs is 1. The summed E-state index contributed by atoms with van der Waals surface area (Å²) in [6.07, 6.45) is 3.33. The van der Waals surface area contributed by atoms with Crippen molar-refractivity contribution in [3.8, 4) is 0 Å². The van der Waals surface area contributed by atoms with Gasteiger partial charge in [-0.2, -0.15) is 0 Å². The number of aromatic nitrogens is 1. The van der Waals surface area contributed by atoms with Crippen molar-refractivity contribution in [1.82, 2.24) is 10.3 Å². The van der Waals surface area contributed by atoms with Crippen LogP contribution in [0.3, 0.4) is 0 Å². The van der Waals surface area contributed by atoms with Crippen LogP contribution in [0.1, 0.15) is 32.3 Å². The van der Waals surface area contributed by atoms with Gasteiger partial charge in [0.05, 0.1) is 12.0 Å². The molecule has 4 nitrogen and oxygen atoms in total. The molecule has 21 heavy (non-hydrogen) atoms. The quantitative estimate of drug-likeness (QED) is 0.768. The number of hydrogen-bond donors (Lipinski definition) is 3. The Morgan fingerprint density at radius 1 is 1.38 bits per heavy atom. The van der Waals surface area contributed by atoms with Gasteiger partial charge >= 0.3 is 0 Å². The molecule has 1 amide bonds. The summed E-state index contributed by atoms with van der Waals surface area (Å²) >= 11 is 6.00. The molecule has 0 atom stereocenters. The van der Waals surface area contributed by atoms with Crippen LogP contribution in [-0.2, 0) is 11.2 Å². The number of hydrogen-bond acceptors (Lipinski definition) is 2. The van der Waals surface area contributed by atoms with Gasteiger partial charge in [-0.1, -0.05) is 25.4 Å². The number of H-pyrrole nitrogens is 1. The second-order valence-electron chi connectivity index (χ2n) is 5.39. The van der Waals surface area contributed by atoms with E-state index in [1.807, 2.05) is 38.2 Å². The smallest absolute Gasteiger partial charge is 0.224 e. The largest absolute Gasteiger partial charge is 0.388 e. The van der Waals surface area contributed by atoms with Crippen molar-refractivity contribution in [2.24, 2.45) is 0 Å². The topological polar surface area (TPSA) is 65.1 Å². The molecule has 0 aliphatic rings. The minimum atomic E-state index is -0.820. The Morgan fingerprint density at radius 3 is 2.76 bits per heavy atom. The highest BCUT2D eigenvalue weighted by Gasteiger charge is 2.22. The zero-order chi connectivity index (χ0) is 15.5. The molecule has 0 unspecified atom stereocenters. The third kappa shape index (κ3) is 3.77. The molecule has 0 spiro atoms. The van der Waals surface area contributed by atoms with Crippen LogP contribution in [0.25, 0.3) is 10.9 Å². The minimum Gasteiger partial charge on any atom is -0.388 e. The molecule has 3 N–H and O–H groups in total. The number of halogens is 1. The molecule has 0 saturated heterocycles. The van der Waals surface area contributed by atoms with Crippen LogP contribution in [0.15, 0.2) is 24.4 Å². The summed E-state index contributed by atoms with van der Waals surface area (Å²) in [4.78, 5) is 15.2. The Labute approximate surface area is 129 Å². The first kappa shape index (κ1) is 15.9. The molecule has 0 fully saturated rings. The lowest BCUT2D eigenvalue weighted by atomic mass is 9.97. The summed E-state index contributed by atoms with van der Waals surface area (Å²) < 4.78 is 0. The van der Waals surface area contributed by atoms with E-state index in [2.05, 4.69) is 10.3 Å². The van der Waals surface area contributed by atoms with Gasteiger partial charge in [-0.25, -0.2) is 0 Å². The van der Waals surface area contributed by atoms with E-state index in [-0.39, 0.29) is 18.9 Å². The number of carbonyl (C=O) groups is 1. The molecule has 0 saturated carbocycles. The minimum absolute atomic E-state index is 0.101. The van der Waals surface area contributed by atoms with E-state index in [4.69, 9.17) is 11.6 Å². The predicted octanol–water partition coefficient (Wildman–Crippen LogP) is 3.03. The van der Waals surface area contributed by atoms with Crippen LogP contribution in [-0.4, -0.2) is 28.1 Å². The maximum Gasteiger partial charge on any atom is 0.224 e. The highest BCUT2D eigenvalue weighted by molar-refractivity contribution is 6.31. The van der Waals surface area contributed by atoms with Crippen molar-refractivity contribution < 1.29 is 9.90 Å². The highest BCUT2D eigenvalue weighted by atomic mass is 35.5. The fraction of sp³-hybridized carbons (Fsp3) is 0.438. The average Bonchev–Trinajstić information content (AvgIpc) is 2.87. The zero-order valence-corrected chi connectivity index (χ0v) is 13.1. The summed E-state index contributed by atoms with van der Waals surface area (Å²) in [6.45, 7) is 4.11. The third-order valence-electron chi connectivity index (χ3n) is 4.01. The summed E-state index contributed by atoms with van der Waals surface area (Å²) in [5, 5.41) is 14.6. The SMILES string of the molecule is CCC(O)(CC)CNC(=O)Cc1c[nH]c2ccc(Cl)cc12. The molecular formula is C16H21ClN2O2. The molecule has 1 aromatic heterocycles. The number of aromatic amines is 1. The van der Waals surface area contributed by atoms with Crippen molar-refractivity contribution in [2.45, 2.75) is 38.7 Å². The van der Waals surface area contributed by atoms with E-state index >= 15 is 0 Å². The van der Waals surface area contributed by atoms with Gasteiger partial charge in [0.25, 0.3) is 0 Å². The van der Waals surface area contributed by atoms with Crippen molar-refractivity contribution in [3.63, 3.8) is 0 Å². The number of nitrogens with one attached hydrogen (secondary N) is 2. The van der Waals surface area contributed by atoms with E-state index in [1.165, 1.54) is 0 Å². The van der Waals surface area contributed by atoms with Crippen molar-refractivity contribution in [3.05, 3.63) is 35.0 Å². The van der Waals surface area contributed by atoms with Gasteiger partial charge in [-0.3, -0.25) is 4.79 Å². The van der Waals surface area contributed by atoms with Crippen LogP contribution in [0.4, 0.5) is 0 Å². The molecule has 1 aromatic carbocycles. The van der Waals surface area contributed by atoms with Gasteiger partial charge in [0.2, 0.25) is 5.91 Å². The zero-order valence-electron chi connectivity index (χ0n) is 12.4. The monoisotopic (exact) mass is 308 g/mol. The first-order chi connectivity index (χ1) is 9.97. The number of carbonyl (C=O) groups excluding carboxylic acids is 1. The normalized spacial score (nSPS) is 11.8. The van der Waals surface area contributed by atoms with Crippen LogP contribution < -0.4 is 5.32 Å². The molecule has 5 heteroatoms. The summed E-state index contributed by atoms with van der Waals surface area (Å²) in [5.74, 6) is -0.101. The lowest BCUT2D eigenvalue weighted by Crippen LogP contribution is -2.42. The lowest BCUT2D eigenvalue weighted by Gasteiger charge is -2.25. The second kappa shape index (κ2) is 6.50. The van der Waals surface area contributed by atoms with Crippen molar-refractivity contribution in [1.29, 1.82) is 0 Å². The number of rotatable bonds is 6. The van der Waals surface area contributed by atoms with Gasteiger partial charge in [0, 0.05) is 28.7 Å². The highest BCUT2D eigenvalue weighted by Crippen LogP contribution is 2.22. The maximum atomic E-state index is 12.0. The number of benzene rings is 1. The lowest BCUT2D eigenvalue weighted by molar-refractivity contribution is -0.121. The molecule has 2 aromatic rings. The predicted molar refractivity (Wildman–Crippen MR) is 85.6 cm³/mol. The molecule has 0 bridgehead atoms. The van der Waals surface area contributed by atoms with E-state index in [0.717, 1.165) is 16.5 Å². The van der Waals surface area contributed by atoms with Gasteiger partial charge < -0.3 is 15.4 Å². The summed E-state index contributed by atoms with van der Waals surface area (Å²) in [7, 11) is 0. The van der Waals surface area contributed by atoms with Gasteiger partial charge in [-0.05, 0) is 36.6 Å². The molecule has 2 rings (SSSR count). The van der Waals surface area contributed by atoms with Crippen LogP contribution >= 0.6 is 11.6 Å². The first-order valence-corrected chi connectivity index (χ1v) is 7.60. The number of aliphatic hydroxyl groups is 1. The first-order valence-electron chi connectivity index (χ1n) is 7.22. The molecule has 0 aliphatic heterocycles. The second-order valence-corrected chi connectivity index (χ2v) is 5.83. The Morgan fingerprint density at radius 2 is 2.10 bits per heavy atom. The van der Waals surface area contributed by atoms with Crippen LogP contribution in [0, 0.1) is 0 Å². The van der Waals surface area contributed by atoms with Crippen LogP contribution in [0.5, 0.6) is 0 Å². The fourth-order valence-corrected chi connectivity index (χ4v) is 2.47. The third-order valence-corrected chi connectivity index (χ3v) is 4.25. The Balaban J connectivity index is 2.03. The van der Waals surface area contributed by atoms with Gasteiger partial charge in [0.15, 0.2) is 0 Å². The van der Waals surface area contributed by atoms with Crippen LogP contribution in [0.2, 0.25) is 5.02 Å².